The third-order valence-electron chi connectivity index (χ3n) is 2.52. The quantitative estimate of drug-likeness (QED) is 0.802. The molecule has 3 aromatic rings. The first-order valence-electron chi connectivity index (χ1n) is 5.45. The molecule has 1 N–H and O–H groups in total. The molecule has 6 nitrogen and oxygen atoms in total. The normalized spacial score (nSPS) is 11.0. The smallest absolute Gasteiger partial charge is 0.243 e. The Morgan fingerprint density at radius 3 is 3.06 bits per heavy atom. The van der Waals surface area contributed by atoms with Crippen molar-refractivity contribution in [2.24, 2.45) is 7.05 Å². The van der Waals surface area contributed by atoms with Crippen molar-refractivity contribution in [3.05, 3.63) is 40.8 Å². The Kier molecular flexibility index (Phi) is 2.75. The molecule has 0 spiro atoms. The molecular formula is C11H11BrN6. The van der Waals surface area contributed by atoms with Crippen LogP contribution in [0, 0.1) is 0 Å². The highest BCUT2D eigenvalue weighted by molar-refractivity contribution is 9.10. The summed E-state index contributed by atoms with van der Waals surface area (Å²) in [4.78, 5) is 4.40. The van der Waals surface area contributed by atoms with Gasteiger partial charge in [-0.1, -0.05) is 0 Å². The number of anilines is 1. The van der Waals surface area contributed by atoms with Crippen molar-refractivity contribution in [2.75, 3.05) is 5.32 Å². The maximum atomic E-state index is 4.40. The van der Waals surface area contributed by atoms with Crippen LogP contribution >= 0.6 is 15.9 Å². The lowest BCUT2D eigenvalue weighted by Gasteiger charge is -1.96. The zero-order valence-electron chi connectivity index (χ0n) is 9.71. The first-order chi connectivity index (χ1) is 8.72. The number of aromatic nitrogens is 5. The Morgan fingerprint density at radius 2 is 2.33 bits per heavy atom. The van der Waals surface area contributed by atoms with Gasteiger partial charge in [0.1, 0.15) is 0 Å². The van der Waals surface area contributed by atoms with Crippen LogP contribution in [0.4, 0.5) is 5.95 Å². The molecule has 0 saturated heterocycles. The highest BCUT2D eigenvalue weighted by Crippen LogP contribution is 2.16. The van der Waals surface area contributed by atoms with Crippen molar-refractivity contribution in [3.63, 3.8) is 0 Å². The van der Waals surface area contributed by atoms with Gasteiger partial charge in [-0.15, -0.1) is 5.10 Å². The van der Waals surface area contributed by atoms with Gasteiger partial charge in [0, 0.05) is 31.5 Å². The lowest BCUT2D eigenvalue weighted by atomic mass is 10.4. The summed E-state index contributed by atoms with van der Waals surface area (Å²) in [6, 6.07) is 3.85. The molecule has 3 aromatic heterocycles. The molecule has 92 valence electrons. The zero-order valence-corrected chi connectivity index (χ0v) is 11.3. The van der Waals surface area contributed by atoms with E-state index in [1.54, 1.807) is 9.20 Å². The van der Waals surface area contributed by atoms with E-state index in [0.717, 1.165) is 15.7 Å². The van der Waals surface area contributed by atoms with Crippen molar-refractivity contribution in [1.29, 1.82) is 0 Å². The predicted molar refractivity (Wildman–Crippen MR) is 71.2 cm³/mol. The second-order valence-electron chi connectivity index (χ2n) is 3.94. The number of rotatable bonds is 3. The number of nitrogens with zero attached hydrogens (tertiary/aromatic N) is 5. The Bertz CT molecular complexity index is 686. The minimum atomic E-state index is 0.603. The third kappa shape index (κ3) is 2.08. The summed E-state index contributed by atoms with van der Waals surface area (Å²) in [5, 5.41) is 11.6. The number of hydrogen-bond donors (Lipinski definition) is 1. The van der Waals surface area contributed by atoms with E-state index < -0.39 is 0 Å². The largest absolute Gasteiger partial charge is 0.349 e. The number of pyridine rings is 1. The molecule has 0 aliphatic carbocycles. The van der Waals surface area contributed by atoms with Gasteiger partial charge in [-0.2, -0.15) is 10.1 Å². The first kappa shape index (κ1) is 11.2. The number of nitrogens with one attached hydrogen (secondary N) is 1. The van der Waals surface area contributed by atoms with Crippen molar-refractivity contribution in [2.45, 2.75) is 6.54 Å². The van der Waals surface area contributed by atoms with Crippen LogP contribution in [0.5, 0.6) is 0 Å². The molecule has 18 heavy (non-hydrogen) atoms. The summed E-state index contributed by atoms with van der Waals surface area (Å²) in [7, 11) is 1.89. The Balaban J connectivity index is 1.81. The second-order valence-corrected chi connectivity index (χ2v) is 4.79. The molecule has 0 fully saturated rings. The average Bonchev–Trinajstić information content (AvgIpc) is 2.93. The van der Waals surface area contributed by atoms with Crippen LogP contribution in [0.15, 0.2) is 35.2 Å². The summed E-state index contributed by atoms with van der Waals surface area (Å²) in [6.07, 6.45) is 5.64. The standard InChI is InChI=1S/C11H11BrN6/c1-17-7-8(6-14-17)5-13-11-15-10-9(12)3-2-4-18(10)16-11/h2-4,6-7H,5H2,1H3,(H,13,16). The topological polar surface area (TPSA) is 60.0 Å². The van der Waals surface area contributed by atoms with Crippen LogP contribution in [0.3, 0.4) is 0 Å². The molecule has 0 atom stereocenters. The number of fused-ring (bicyclic) bond motifs is 1. The molecule has 7 heteroatoms. The van der Waals surface area contributed by atoms with Gasteiger partial charge in [0.2, 0.25) is 5.95 Å². The molecule has 0 radical (unpaired) electrons. The molecule has 0 amide bonds. The molecule has 3 rings (SSSR count). The fourth-order valence-corrected chi connectivity index (χ4v) is 2.12. The summed E-state index contributed by atoms with van der Waals surface area (Å²) in [6.45, 7) is 0.655. The molecule has 0 saturated carbocycles. The summed E-state index contributed by atoms with van der Waals surface area (Å²) in [5.74, 6) is 0.603. The molecule has 0 aromatic carbocycles. The van der Waals surface area contributed by atoms with E-state index >= 15 is 0 Å². The Labute approximate surface area is 112 Å². The minimum Gasteiger partial charge on any atom is -0.349 e. The van der Waals surface area contributed by atoms with Gasteiger partial charge < -0.3 is 5.32 Å². The van der Waals surface area contributed by atoms with Gasteiger partial charge in [0.15, 0.2) is 5.65 Å². The fourth-order valence-electron chi connectivity index (χ4n) is 1.69. The van der Waals surface area contributed by atoms with E-state index in [2.05, 4.69) is 36.4 Å². The predicted octanol–water partition coefficient (Wildman–Crippen LogP) is 1.84. The lowest BCUT2D eigenvalue weighted by molar-refractivity contribution is 0.767. The molecule has 3 heterocycles. The van der Waals surface area contributed by atoms with E-state index in [1.807, 2.05) is 37.8 Å². The van der Waals surface area contributed by atoms with E-state index in [1.165, 1.54) is 0 Å². The van der Waals surface area contributed by atoms with Crippen molar-refractivity contribution in [3.8, 4) is 0 Å². The molecular weight excluding hydrogens is 296 g/mol. The van der Waals surface area contributed by atoms with E-state index in [-0.39, 0.29) is 0 Å². The molecule has 0 unspecified atom stereocenters. The fraction of sp³-hybridized carbons (Fsp3) is 0.182. The summed E-state index contributed by atoms with van der Waals surface area (Å²) >= 11 is 3.45. The van der Waals surface area contributed by atoms with Gasteiger partial charge in [-0.25, -0.2) is 4.52 Å². The maximum absolute atomic E-state index is 4.40. The van der Waals surface area contributed by atoms with Crippen molar-refractivity contribution < 1.29 is 0 Å². The highest BCUT2D eigenvalue weighted by atomic mass is 79.9. The first-order valence-corrected chi connectivity index (χ1v) is 6.24. The van der Waals surface area contributed by atoms with Crippen molar-refractivity contribution >= 4 is 27.5 Å². The van der Waals surface area contributed by atoms with Gasteiger partial charge in [-0.3, -0.25) is 4.68 Å². The minimum absolute atomic E-state index is 0.603. The zero-order chi connectivity index (χ0) is 12.5. The summed E-state index contributed by atoms with van der Waals surface area (Å²) < 4.78 is 4.42. The Morgan fingerprint density at radius 1 is 1.44 bits per heavy atom. The summed E-state index contributed by atoms with van der Waals surface area (Å²) in [5.41, 5.74) is 1.89. The van der Waals surface area contributed by atoms with Gasteiger partial charge >= 0.3 is 0 Å². The van der Waals surface area contributed by atoms with Crippen LogP contribution in [-0.4, -0.2) is 24.4 Å². The SMILES string of the molecule is Cn1cc(CNc2nc3c(Br)cccn3n2)cn1. The Hall–Kier alpha value is -1.89. The van der Waals surface area contributed by atoms with Gasteiger partial charge in [0.25, 0.3) is 0 Å². The van der Waals surface area contributed by atoms with E-state index in [0.29, 0.717) is 12.5 Å². The van der Waals surface area contributed by atoms with Crippen LogP contribution in [0.25, 0.3) is 5.65 Å². The lowest BCUT2D eigenvalue weighted by Crippen LogP contribution is -2.00. The van der Waals surface area contributed by atoms with Crippen LogP contribution in [0.2, 0.25) is 0 Å². The van der Waals surface area contributed by atoms with Gasteiger partial charge in [-0.05, 0) is 28.1 Å². The van der Waals surface area contributed by atoms with Crippen LogP contribution in [-0.2, 0) is 13.6 Å². The highest BCUT2D eigenvalue weighted by Gasteiger charge is 2.06. The monoisotopic (exact) mass is 306 g/mol. The number of halogens is 1. The number of aryl methyl sites for hydroxylation is 1. The third-order valence-corrected chi connectivity index (χ3v) is 3.14. The average molecular weight is 307 g/mol. The van der Waals surface area contributed by atoms with E-state index in [4.69, 9.17) is 0 Å². The van der Waals surface area contributed by atoms with Crippen molar-refractivity contribution in [1.82, 2.24) is 24.4 Å². The number of hydrogen-bond acceptors (Lipinski definition) is 4. The van der Waals surface area contributed by atoms with Crippen LogP contribution < -0.4 is 5.32 Å². The molecule has 0 aliphatic heterocycles. The van der Waals surface area contributed by atoms with Crippen LogP contribution in [0.1, 0.15) is 5.56 Å². The van der Waals surface area contributed by atoms with E-state index in [9.17, 15) is 0 Å². The van der Waals surface area contributed by atoms with Gasteiger partial charge in [0.05, 0.1) is 10.7 Å². The molecule has 0 aliphatic rings. The second kappa shape index (κ2) is 4.41. The molecule has 0 bridgehead atoms. The maximum Gasteiger partial charge on any atom is 0.243 e.